The maximum atomic E-state index is 9.05. The van der Waals surface area contributed by atoms with Crippen molar-refractivity contribution in [1.82, 2.24) is 0 Å². The fraction of sp³-hybridized carbons (Fsp3) is 1.00. The summed E-state index contributed by atoms with van der Waals surface area (Å²) in [6.07, 6.45) is -8.68. The Bertz CT molecular complexity index is 143. The summed E-state index contributed by atoms with van der Waals surface area (Å²) in [6.45, 7) is -0.772. The standard InChI is InChI=1S/C6H15NO6/c7-6(13)5(12)4(11)3(10)2(9)1-8/h2-6,8-13H,1,7H2/t2-,3-,4+,5-,6?/m0/s1. The molecule has 0 saturated carbocycles. The molecule has 0 heterocycles. The van der Waals surface area contributed by atoms with Gasteiger partial charge in [0, 0.05) is 0 Å². The number of hydrogen-bond acceptors (Lipinski definition) is 7. The molecular weight excluding hydrogens is 182 g/mol. The molecule has 8 N–H and O–H groups in total. The number of hydrogen-bond donors (Lipinski definition) is 7. The third-order valence-corrected chi connectivity index (χ3v) is 1.63. The van der Waals surface area contributed by atoms with E-state index in [1.165, 1.54) is 0 Å². The topological polar surface area (TPSA) is 147 Å². The van der Waals surface area contributed by atoms with Crippen LogP contribution in [-0.2, 0) is 0 Å². The molecule has 7 heteroatoms. The molecule has 5 atom stereocenters. The van der Waals surface area contributed by atoms with Crippen LogP contribution < -0.4 is 5.73 Å². The molecule has 0 aromatic rings. The lowest BCUT2D eigenvalue weighted by molar-refractivity contribution is -0.139. The summed E-state index contributed by atoms with van der Waals surface area (Å²) in [4.78, 5) is 0. The van der Waals surface area contributed by atoms with Crippen molar-refractivity contribution in [3.8, 4) is 0 Å². The molecule has 13 heavy (non-hydrogen) atoms. The molecule has 0 aromatic carbocycles. The average Bonchev–Trinajstić information content (AvgIpc) is 2.12. The Hall–Kier alpha value is -0.280. The smallest absolute Gasteiger partial charge is 0.131 e. The van der Waals surface area contributed by atoms with E-state index in [0.717, 1.165) is 0 Å². The fourth-order valence-electron chi connectivity index (χ4n) is 0.740. The maximum absolute atomic E-state index is 9.05. The van der Waals surface area contributed by atoms with Gasteiger partial charge in [-0.15, -0.1) is 0 Å². The first-order valence-electron chi connectivity index (χ1n) is 3.68. The van der Waals surface area contributed by atoms with Gasteiger partial charge in [0.15, 0.2) is 0 Å². The predicted octanol–water partition coefficient (Wildman–Crippen LogP) is -4.30. The van der Waals surface area contributed by atoms with Crippen LogP contribution in [0.2, 0.25) is 0 Å². The number of aliphatic hydroxyl groups excluding tert-OH is 6. The molecule has 0 amide bonds. The van der Waals surface area contributed by atoms with E-state index < -0.39 is 37.3 Å². The first-order chi connectivity index (χ1) is 5.91. The van der Waals surface area contributed by atoms with Gasteiger partial charge < -0.3 is 36.4 Å². The van der Waals surface area contributed by atoms with Crippen molar-refractivity contribution in [2.75, 3.05) is 6.61 Å². The Balaban J connectivity index is 4.15. The predicted molar refractivity (Wildman–Crippen MR) is 41.3 cm³/mol. The molecule has 7 nitrogen and oxygen atoms in total. The molecule has 1 unspecified atom stereocenters. The second kappa shape index (κ2) is 5.45. The van der Waals surface area contributed by atoms with Gasteiger partial charge in [-0.2, -0.15) is 0 Å². The first kappa shape index (κ1) is 12.7. The molecule has 80 valence electrons. The van der Waals surface area contributed by atoms with E-state index in [0.29, 0.717) is 0 Å². The number of nitrogens with two attached hydrogens (primary N) is 1. The molecule has 0 spiro atoms. The normalized spacial score (nSPS) is 23.3. The van der Waals surface area contributed by atoms with Gasteiger partial charge in [-0.05, 0) is 0 Å². The molecule has 0 aliphatic carbocycles. The quantitative estimate of drug-likeness (QED) is 0.220. The van der Waals surface area contributed by atoms with Crippen LogP contribution in [0.25, 0.3) is 0 Å². The molecule has 0 aromatic heterocycles. The van der Waals surface area contributed by atoms with Gasteiger partial charge in [-0.25, -0.2) is 0 Å². The number of aliphatic hydroxyl groups is 6. The van der Waals surface area contributed by atoms with Gasteiger partial charge in [0.25, 0.3) is 0 Å². The summed E-state index contributed by atoms with van der Waals surface area (Å²) in [6, 6.07) is 0. The summed E-state index contributed by atoms with van der Waals surface area (Å²) < 4.78 is 0. The minimum atomic E-state index is -1.82. The van der Waals surface area contributed by atoms with Gasteiger partial charge in [-0.3, -0.25) is 0 Å². The van der Waals surface area contributed by atoms with Gasteiger partial charge in [-0.1, -0.05) is 0 Å². The van der Waals surface area contributed by atoms with E-state index in [1.807, 2.05) is 0 Å². The minimum absolute atomic E-state index is 0.772. The van der Waals surface area contributed by atoms with Crippen molar-refractivity contribution < 1.29 is 30.6 Å². The molecule has 0 radical (unpaired) electrons. The van der Waals surface area contributed by atoms with Crippen molar-refractivity contribution in [1.29, 1.82) is 0 Å². The lowest BCUT2D eigenvalue weighted by Gasteiger charge is -2.26. The maximum Gasteiger partial charge on any atom is 0.131 e. The first-order valence-corrected chi connectivity index (χ1v) is 3.68. The van der Waals surface area contributed by atoms with Crippen LogP contribution in [0.5, 0.6) is 0 Å². The van der Waals surface area contributed by atoms with Crippen LogP contribution in [0.3, 0.4) is 0 Å². The van der Waals surface area contributed by atoms with Gasteiger partial charge in [0.1, 0.15) is 30.6 Å². The minimum Gasteiger partial charge on any atom is -0.394 e. The highest BCUT2D eigenvalue weighted by Gasteiger charge is 2.32. The van der Waals surface area contributed by atoms with Crippen molar-refractivity contribution in [2.24, 2.45) is 5.73 Å². The Kier molecular flexibility index (Phi) is 5.33. The highest BCUT2D eigenvalue weighted by molar-refractivity contribution is 4.82. The highest BCUT2D eigenvalue weighted by atomic mass is 16.4. The SMILES string of the molecule is NC(O)[C@@H](O)[C@H](O)[C@@H](O)[C@@H](O)CO. The Morgan fingerprint density at radius 2 is 1.31 bits per heavy atom. The summed E-state index contributed by atoms with van der Waals surface area (Å²) in [7, 11) is 0. The van der Waals surface area contributed by atoms with Crippen LogP contribution in [0, 0.1) is 0 Å². The third-order valence-electron chi connectivity index (χ3n) is 1.63. The van der Waals surface area contributed by atoms with Gasteiger partial charge in [0.05, 0.1) is 6.61 Å². The van der Waals surface area contributed by atoms with Crippen LogP contribution in [0.15, 0.2) is 0 Å². The fourth-order valence-corrected chi connectivity index (χ4v) is 0.740. The zero-order valence-electron chi connectivity index (χ0n) is 6.85. The molecule has 0 rings (SSSR count). The zero-order valence-corrected chi connectivity index (χ0v) is 6.85. The second-order valence-corrected chi connectivity index (χ2v) is 2.71. The largest absolute Gasteiger partial charge is 0.394 e. The van der Waals surface area contributed by atoms with E-state index in [2.05, 4.69) is 0 Å². The molecular formula is C6H15NO6. The lowest BCUT2D eigenvalue weighted by atomic mass is 10.0. The second-order valence-electron chi connectivity index (χ2n) is 2.71. The molecule has 0 saturated heterocycles. The van der Waals surface area contributed by atoms with Crippen LogP contribution in [0.1, 0.15) is 0 Å². The van der Waals surface area contributed by atoms with Crippen molar-refractivity contribution in [3.63, 3.8) is 0 Å². The van der Waals surface area contributed by atoms with Gasteiger partial charge >= 0.3 is 0 Å². The Morgan fingerprint density at radius 1 is 0.846 bits per heavy atom. The van der Waals surface area contributed by atoms with Gasteiger partial charge in [0.2, 0.25) is 0 Å². The van der Waals surface area contributed by atoms with Crippen LogP contribution in [-0.4, -0.2) is 67.9 Å². The summed E-state index contributed by atoms with van der Waals surface area (Å²) >= 11 is 0. The molecule has 0 bridgehead atoms. The summed E-state index contributed by atoms with van der Waals surface area (Å²) in [5.41, 5.74) is 4.81. The van der Waals surface area contributed by atoms with E-state index in [1.54, 1.807) is 0 Å². The van der Waals surface area contributed by atoms with E-state index in [9.17, 15) is 0 Å². The van der Waals surface area contributed by atoms with Crippen LogP contribution in [0.4, 0.5) is 0 Å². The summed E-state index contributed by atoms with van der Waals surface area (Å²) in [5, 5.41) is 52.8. The third kappa shape index (κ3) is 3.53. The van der Waals surface area contributed by atoms with Crippen molar-refractivity contribution >= 4 is 0 Å². The molecule has 0 fully saturated rings. The van der Waals surface area contributed by atoms with E-state index >= 15 is 0 Å². The van der Waals surface area contributed by atoms with Crippen molar-refractivity contribution in [3.05, 3.63) is 0 Å². The Labute approximate surface area is 74.7 Å². The Morgan fingerprint density at radius 3 is 1.62 bits per heavy atom. The number of rotatable bonds is 5. The zero-order chi connectivity index (χ0) is 10.6. The monoisotopic (exact) mass is 197 g/mol. The highest BCUT2D eigenvalue weighted by Crippen LogP contribution is 2.05. The van der Waals surface area contributed by atoms with Crippen molar-refractivity contribution in [2.45, 2.75) is 30.6 Å². The molecule has 0 aliphatic heterocycles. The van der Waals surface area contributed by atoms with Crippen LogP contribution >= 0.6 is 0 Å². The van der Waals surface area contributed by atoms with E-state index in [4.69, 9.17) is 36.4 Å². The van der Waals surface area contributed by atoms with E-state index in [-0.39, 0.29) is 0 Å². The molecule has 0 aliphatic rings. The lowest BCUT2D eigenvalue weighted by Crippen LogP contribution is -2.52. The summed E-state index contributed by atoms with van der Waals surface area (Å²) in [5.74, 6) is 0. The average molecular weight is 197 g/mol.